The highest BCUT2D eigenvalue weighted by atomic mass is 35.5. The highest BCUT2D eigenvalue weighted by Crippen LogP contribution is 2.34. The fourth-order valence-corrected chi connectivity index (χ4v) is 4.75. The molecule has 5 rings (SSSR count). The van der Waals surface area contributed by atoms with Crippen LogP contribution in [0.5, 0.6) is 17.2 Å². The number of nitrogens with one attached hydrogen (secondary N) is 1. The molecule has 0 aliphatic carbocycles. The maximum absolute atomic E-state index is 13.3. The van der Waals surface area contributed by atoms with E-state index >= 15 is 0 Å². The molecule has 38 heavy (non-hydrogen) atoms. The molecule has 1 aliphatic heterocycles. The molecule has 8 nitrogen and oxygen atoms in total. The molecule has 1 fully saturated rings. The minimum atomic E-state index is -0.220. The first-order chi connectivity index (χ1) is 18.5. The number of methoxy groups -OCH3 is 1. The van der Waals surface area contributed by atoms with Crippen molar-refractivity contribution in [3.8, 4) is 28.6 Å². The average molecular weight is 553 g/mol. The van der Waals surface area contributed by atoms with Crippen molar-refractivity contribution >= 4 is 34.8 Å². The van der Waals surface area contributed by atoms with Crippen molar-refractivity contribution in [2.45, 2.75) is 19.4 Å². The van der Waals surface area contributed by atoms with Gasteiger partial charge in [-0.3, -0.25) is 9.69 Å². The number of hydrogen-bond donors (Lipinski definition) is 1. The summed E-state index contributed by atoms with van der Waals surface area (Å²) in [7, 11) is 1.59. The second-order valence-electron chi connectivity index (χ2n) is 9.01. The van der Waals surface area contributed by atoms with Gasteiger partial charge in [-0.15, -0.1) is 0 Å². The number of anilines is 1. The first-order valence-corrected chi connectivity index (χ1v) is 13.0. The monoisotopic (exact) mass is 552 g/mol. The SMILES string of the molecule is COc1cccc(Oc2ccc(Cl)cc2NC(=O)C2CCCN(Cc3nc(-c4cccc(Cl)c4)no3)C2)c1. The summed E-state index contributed by atoms with van der Waals surface area (Å²) in [6, 6.07) is 19.7. The number of nitrogens with zero attached hydrogens (tertiary/aromatic N) is 3. The van der Waals surface area contributed by atoms with E-state index in [9.17, 15) is 4.79 Å². The van der Waals surface area contributed by atoms with Gasteiger partial charge in [-0.2, -0.15) is 4.98 Å². The van der Waals surface area contributed by atoms with E-state index in [1.807, 2.05) is 30.3 Å². The first kappa shape index (κ1) is 26.0. The zero-order valence-corrected chi connectivity index (χ0v) is 22.2. The van der Waals surface area contributed by atoms with E-state index in [2.05, 4.69) is 20.4 Å². The van der Waals surface area contributed by atoms with Crippen molar-refractivity contribution in [2.75, 3.05) is 25.5 Å². The van der Waals surface area contributed by atoms with Gasteiger partial charge >= 0.3 is 0 Å². The first-order valence-electron chi connectivity index (χ1n) is 12.2. The van der Waals surface area contributed by atoms with E-state index in [1.165, 1.54) is 0 Å². The minimum Gasteiger partial charge on any atom is -0.497 e. The van der Waals surface area contributed by atoms with Crippen molar-refractivity contribution < 1.29 is 18.8 Å². The van der Waals surface area contributed by atoms with E-state index in [0.29, 0.717) is 57.8 Å². The fourth-order valence-electron chi connectivity index (χ4n) is 4.38. The lowest BCUT2D eigenvalue weighted by molar-refractivity contribution is -0.121. The quantitative estimate of drug-likeness (QED) is 0.260. The second-order valence-corrected chi connectivity index (χ2v) is 9.88. The topological polar surface area (TPSA) is 89.7 Å². The van der Waals surface area contributed by atoms with Crippen LogP contribution in [0.15, 0.2) is 71.3 Å². The molecule has 1 atom stereocenters. The lowest BCUT2D eigenvalue weighted by Gasteiger charge is -2.31. The molecule has 3 aromatic carbocycles. The third-order valence-electron chi connectivity index (χ3n) is 6.25. The molecule has 0 bridgehead atoms. The third-order valence-corrected chi connectivity index (χ3v) is 6.72. The molecule has 1 N–H and O–H groups in total. The molecule has 2 heterocycles. The molecule has 10 heteroatoms. The summed E-state index contributed by atoms with van der Waals surface area (Å²) in [4.78, 5) is 19.9. The highest BCUT2D eigenvalue weighted by molar-refractivity contribution is 6.31. The standard InChI is InChI=1S/C28H26Cl2N4O4/c1-36-22-8-3-9-23(15-22)37-25-11-10-21(30)14-24(25)31-28(35)19-6-4-12-34(16-19)17-26-32-27(33-38-26)18-5-2-7-20(29)13-18/h2-3,5,7-11,13-15,19H,4,6,12,16-17H2,1H3,(H,31,35). The van der Waals surface area contributed by atoms with Crippen LogP contribution in [0, 0.1) is 5.92 Å². The van der Waals surface area contributed by atoms with E-state index in [-0.39, 0.29) is 11.8 Å². The van der Waals surface area contributed by atoms with Gasteiger partial charge in [0.15, 0.2) is 5.75 Å². The van der Waals surface area contributed by atoms with Gasteiger partial charge in [-0.25, -0.2) is 0 Å². The summed E-state index contributed by atoms with van der Waals surface area (Å²) in [6.07, 6.45) is 1.64. The number of hydrogen-bond acceptors (Lipinski definition) is 7. The maximum atomic E-state index is 13.3. The largest absolute Gasteiger partial charge is 0.497 e. The molecular weight excluding hydrogens is 527 g/mol. The summed E-state index contributed by atoms with van der Waals surface area (Å²) in [5.74, 6) is 2.40. The number of likely N-dealkylation sites (tertiary alicyclic amines) is 1. The average Bonchev–Trinajstić information content (AvgIpc) is 3.39. The molecule has 196 valence electrons. The fraction of sp³-hybridized carbons (Fsp3) is 0.250. The van der Waals surface area contributed by atoms with Crippen molar-refractivity contribution in [1.82, 2.24) is 15.0 Å². The molecule has 1 unspecified atom stereocenters. The summed E-state index contributed by atoms with van der Waals surface area (Å²) < 4.78 is 16.8. The van der Waals surface area contributed by atoms with E-state index in [1.54, 1.807) is 43.5 Å². The smallest absolute Gasteiger partial charge is 0.241 e. The van der Waals surface area contributed by atoms with Crippen molar-refractivity contribution in [1.29, 1.82) is 0 Å². The Morgan fingerprint density at radius 2 is 1.89 bits per heavy atom. The van der Waals surface area contributed by atoms with Crippen LogP contribution in [-0.4, -0.2) is 41.1 Å². The van der Waals surface area contributed by atoms with E-state index in [0.717, 1.165) is 24.9 Å². The van der Waals surface area contributed by atoms with Crippen LogP contribution < -0.4 is 14.8 Å². The Hall–Kier alpha value is -3.59. The Labute approximate surface area is 230 Å². The minimum absolute atomic E-state index is 0.0994. The normalized spacial score (nSPS) is 15.7. The number of aromatic nitrogens is 2. The van der Waals surface area contributed by atoms with Crippen LogP contribution in [0.3, 0.4) is 0 Å². The number of halogens is 2. The highest BCUT2D eigenvalue weighted by Gasteiger charge is 2.28. The Morgan fingerprint density at radius 1 is 1.08 bits per heavy atom. The number of carbonyl (C=O) groups excluding carboxylic acids is 1. The van der Waals surface area contributed by atoms with E-state index in [4.69, 9.17) is 37.2 Å². The number of amides is 1. The summed E-state index contributed by atoms with van der Waals surface area (Å²) >= 11 is 12.3. The van der Waals surface area contributed by atoms with Gasteiger partial charge in [0.1, 0.15) is 11.5 Å². The molecule has 0 radical (unpaired) electrons. The molecule has 1 amide bonds. The van der Waals surface area contributed by atoms with Crippen molar-refractivity contribution in [2.24, 2.45) is 5.92 Å². The van der Waals surface area contributed by atoms with Gasteiger partial charge in [0.2, 0.25) is 17.6 Å². The van der Waals surface area contributed by atoms with Crippen molar-refractivity contribution in [3.05, 3.63) is 82.7 Å². The van der Waals surface area contributed by atoms with Gasteiger partial charge in [-0.05, 0) is 61.9 Å². The van der Waals surface area contributed by atoms with Crippen LogP contribution >= 0.6 is 23.2 Å². The third kappa shape index (κ3) is 6.45. The summed E-state index contributed by atoms with van der Waals surface area (Å²) in [5, 5.41) is 8.20. The predicted molar refractivity (Wildman–Crippen MR) is 146 cm³/mol. The number of ether oxygens (including phenoxy) is 2. The maximum Gasteiger partial charge on any atom is 0.241 e. The number of rotatable bonds is 8. The Balaban J connectivity index is 1.24. The van der Waals surface area contributed by atoms with Crippen LogP contribution in [0.4, 0.5) is 5.69 Å². The lowest BCUT2D eigenvalue weighted by Crippen LogP contribution is -2.40. The molecule has 1 aromatic heterocycles. The molecule has 0 spiro atoms. The van der Waals surface area contributed by atoms with Gasteiger partial charge in [0.25, 0.3) is 0 Å². The van der Waals surface area contributed by atoms with Gasteiger partial charge in [-0.1, -0.05) is 46.6 Å². The zero-order chi connectivity index (χ0) is 26.5. The molecule has 1 aliphatic rings. The Kier molecular flexibility index (Phi) is 8.12. The van der Waals surface area contributed by atoms with E-state index < -0.39 is 0 Å². The molecule has 0 saturated carbocycles. The lowest BCUT2D eigenvalue weighted by atomic mass is 9.97. The van der Waals surface area contributed by atoms with Gasteiger partial charge < -0.3 is 19.3 Å². The molecular formula is C28H26Cl2N4O4. The van der Waals surface area contributed by atoms with Crippen molar-refractivity contribution in [3.63, 3.8) is 0 Å². The van der Waals surface area contributed by atoms with Crippen LogP contribution in [0.2, 0.25) is 10.0 Å². The molecule has 1 saturated heterocycles. The second kappa shape index (κ2) is 11.9. The van der Waals surface area contributed by atoms with Crippen LogP contribution in [-0.2, 0) is 11.3 Å². The van der Waals surface area contributed by atoms with Gasteiger partial charge in [0.05, 0.1) is 25.3 Å². The zero-order valence-electron chi connectivity index (χ0n) is 20.7. The van der Waals surface area contributed by atoms with Crippen LogP contribution in [0.1, 0.15) is 18.7 Å². The Morgan fingerprint density at radius 3 is 2.74 bits per heavy atom. The predicted octanol–water partition coefficient (Wildman–Crippen LogP) is 6.70. The number of carbonyl (C=O) groups is 1. The number of benzene rings is 3. The number of piperidine rings is 1. The van der Waals surface area contributed by atoms with Crippen LogP contribution in [0.25, 0.3) is 11.4 Å². The summed E-state index contributed by atoms with van der Waals surface area (Å²) in [6.45, 7) is 1.85. The molecule has 4 aromatic rings. The summed E-state index contributed by atoms with van der Waals surface area (Å²) in [5.41, 5.74) is 1.29. The Bertz CT molecular complexity index is 1430. The van der Waals surface area contributed by atoms with Gasteiger partial charge in [0, 0.05) is 28.2 Å².